The summed E-state index contributed by atoms with van der Waals surface area (Å²) >= 11 is 3.77. The lowest BCUT2D eigenvalue weighted by atomic mass is 9.86. The highest BCUT2D eigenvalue weighted by molar-refractivity contribution is 9.10. The second-order valence-electron chi connectivity index (χ2n) is 5.00. The fourth-order valence-electron chi connectivity index (χ4n) is 2.78. The topological polar surface area (TPSA) is 21.3 Å². The van der Waals surface area contributed by atoms with Crippen molar-refractivity contribution in [1.29, 1.82) is 0 Å². The molecular weight excluding hydrogens is 290 g/mol. The minimum Gasteiger partial charge on any atom is -0.496 e. The fraction of sp³-hybridized carbons (Fsp3) is 0.600. The lowest BCUT2D eigenvalue weighted by Crippen LogP contribution is -2.26. The van der Waals surface area contributed by atoms with Gasteiger partial charge in [-0.15, -0.1) is 0 Å². The van der Waals surface area contributed by atoms with Crippen molar-refractivity contribution in [1.82, 2.24) is 5.32 Å². The highest BCUT2D eigenvalue weighted by Gasteiger charge is 2.26. The van der Waals surface area contributed by atoms with Gasteiger partial charge >= 0.3 is 0 Å². The van der Waals surface area contributed by atoms with E-state index in [2.05, 4.69) is 41.2 Å². The third-order valence-electron chi connectivity index (χ3n) is 3.68. The molecule has 1 aromatic rings. The zero-order valence-electron chi connectivity index (χ0n) is 11.5. The van der Waals surface area contributed by atoms with E-state index in [4.69, 9.17) is 4.74 Å². The van der Waals surface area contributed by atoms with Crippen molar-refractivity contribution >= 4 is 15.9 Å². The molecule has 1 N–H and O–H groups in total. The summed E-state index contributed by atoms with van der Waals surface area (Å²) in [5, 5.41) is 3.66. The van der Waals surface area contributed by atoms with E-state index in [1.54, 1.807) is 7.11 Å². The molecule has 1 aromatic carbocycles. The number of fused-ring (bicyclic) bond motifs is 1. The molecule has 0 bridgehead atoms. The van der Waals surface area contributed by atoms with Gasteiger partial charge in [0.25, 0.3) is 0 Å². The maximum atomic E-state index is 5.55. The quantitative estimate of drug-likeness (QED) is 0.902. The van der Waals surface area contributed by atoms with Crippen LogP contribution < -0.4 is 10.1 Å². The normalized spacial score (nSPS) is 18.6. The molecule has 0 aliphatic heterocycles. The Balaban J connectivity index is 2.44. The average Bonchev–Trinajstić information content (AvgIpc) is 2.40. The molecule has 100 valence electrons. The molecule has 0 heterocycles. The standard InChI is InChI=1S/C15H22BrNO/c1-4-8-17-12-7-5-6-11-13(18-3)9-10(2)15(16)14(11)12/h9,12,17H,4-8H2,1-3H3. The number of ether oxygens (including phenoxy) is 1. The van der Waals surface area contributed by atoms with Crippen LogP contribution in [0, 0.1) is 6.92 Å². The van der Waals surface area contributed by atoms with Crippen LogP contribution in [0.2, 0.25) is 0 Å². The van der Waals surface area contributed by atoms with Crippen molar-refractivity contribution in [3.8, 4) is 5.75 Å². The van der Waals surface area contributed by atoms with Gasteiger partial charge in [-0.25, -0.2) is 0 Å². The fourth-order valence-corrected chi connectivity index (χ4v) is 3.41. The van der Waals surface area contributed by atoms with Gasteiger partial charge in [-0.05, 0) is 56.3 Å². The van der Waals surface area contributed by atoms with Crippen molar-refractivity contribution < 1.29 is 4.74 Å². The van der Waals surface area contributed by atoms with Crippen LogP contribution in [0.25, 0.3) is 0 Å². The Labute approximate surface area is 118 Å². The van der Waals surface area contributed by atoms with E-state index >= 15 is 0 Å². The van der Waals surface area contributed by atoms with Crippen LogP contribution in [-0.4, -0.2) is 13.7 Å². The lowest BCUT2D eigenvalue weighted by Gasteiger charge is -2.29. The van der Waals surface area contributed by atoms with Gasteiger partial charge in [-0.1, -0.05) is 22.9 Å². The van der Waals surface area contributed by atoms with Gasteiger partial charge in [-0.2, -0.15) is 0 Å². The molecule has 0 radical (unpaired) electrons. The molecule has 1 aliphatic carbocycles. The van der Waals surface area contributed by atoms with E-state index in [1.165, 1.54) is 40.4 Å². The molecular formula is C15H22BrNO. The zero-order valence-corrected chi connectivity index (χ0v) is 13.1. The van der Waals surface area contributed by atoms with Gasteiger partial charge < -0.3 is 10.1 Å². The van der Waals surface area contributed by atoms with Gasteiger partial charge in [0, 0.05) is 16.1 Å². The van der Waals surface area contributed by atoms with Crippen LogP contribution in [0.3, 0.4) is 0 Å². The molecule has 0 amide bonds. The van der Waals surface area contributed by atoms with Crippen LogP contribution in [-0.2, 0) is 6.42 Å². The third-order valence-corrected chi connectivity index (χ3v) is 4.73. The average molecular weight is 312 g/mol. The summed E-state index contributed by atoms with van der Waals surface area (Å²) in [6.07, 6.45) is 4.76. The highest BCUT2D eigenvalue weighted by atomic mass is 79.9. The number of benzene rings is 1. The maximum absolute atomic E-state index is 5.55. The largest absolute Gasteiger partial charge is 0.496 e. The number of halogens is 1. The lowest BCUT2D eigenvalue weighted by molar-refractivity contribution is 0.395. The van der Waals surface area contributed by atoms with E-state index < -0.39 is 0 Å². The minimum absolute atomic E-state index is 0.469. The van der Waals surface area contributed by atoms with Crippen LogP contribution in [0.5, 0.6) is 5.75 Å². The summed E-state index contributed by atoms with van der Waals surface area (Å²) in [7, 11) is 1.77. The Morgan fingerprint density at radius 2 is 2.28 bits per heavy atom. The second-order valence-corrected chi connectivity index (χ2v) is 5.79. The smallest absolute Gasteiger partial charge is 0.122 e. The first-order chi connectivity index (χ1) is 8.69. The molecule has 0 saturated heterocycles. The first-order valence-corrected chi connectivity index (χ1v) is 7.57. The third kappa shape index (κ3) is 2.57. The number of methoxy groups -OCH3 is 1. The molecule has 0 fully saturated rings. The SMILES string of the molecule is CCCNC1CCCc2c(OC)cc(C)c(Br)c21. The van der Waals surface area contributed by atoms with Crippen LogP contribution in [0.4, 0.5) is 0 Å². The van der Waals surface area contributed by atoms with Gasteiger partial charge in [0.15, 0.2) is 0 Å². The van der Waals surface area contributed by atoms with E-state index in [1.807, 2.05) is 0 Å². The van der Waals surface area contributed by atoms with Crippen molar-refractivity contribution in [2.45, 2.75) is 45.6 Å². The van der Waals surface area contributed by atoms with Crippen molar-refractivity contribution in [2.24, 2.45) is 0 Å². The summed E-state index contributed by atoms with van der Waals surface area (Å²) < 4.78 is 6.81. The molecule has 1 atom stereocenters. The van der Waals surface area contributed by atoms with Gasteiger partial charge in [-0.3, -0.25) is 0 Å². The van der Waals surface area contributed by atoms with Gasteiger partial charge in [0.05, 0.1) is 7.11 Å². The summed E-state index contributed by atoms with van der Waals surface area (Å²) in [6, 6.07) is 2.61. The van der Waals surface area contributed by atoms with Crippen molar-refractivity contribution in [3.05, 3.63) is 27.2 Å². The Bertz CT molecular complexity index is 431. The summed E-state index contributed by atoms with van der Waals surface area (Å²) in [5.41, 5.74) is 4.07. The molecule has 2 nitrogen and oxygen atoms in total. The Morgan fingerprint density at radius 3 is 2.94 bits per heavy atom. The predicted octanol–water partition coefficient (Wildman–Crippen LogP) is 4.14. The summed E-state index contributed by atoms with van der Waals surface area (Å²) in [4.78, 5) is 0. The second kappa shape index (κ2) is 6.07. The number of rotatable bonds is 4. The van der Waals surface area contributed by atoms with Crippen molar-refractivity contribution in [2.75, 3.05) is 13.7 Å². The predicted molar refractivity (Wildman–Crippen MR) is 79.4 cm³/mol. The van der Waals surface area contributed by atoms with Gasteiger partial charge in [0.1, 0.15) is 5.75 Å². The highest BCUT2D eigenvalue weighted by Crippen LogP contribution is 2.41. The van der Waals surface area contributed by atoms with E-state index in [0.29, 0.717) is 6.04 Å². The monoisotopic (exact) mass is 311 g/mol. The molecule has 1 aliphatic rings. The molecule has 1 unspecified atom stereocenters. The summed E-state index contributed by atoms with van der Waals surface area (Å²) in [5.74, 6) is 1.05. The van der Waals surface area contributed by atoms with Crippen molar-refractivity contribution in [3.63, 3.8) is 0 Å². The minimum atomic E-state index is 0.469. The zero-order chi connectivity index (χ0) is 13.1. The van der Waals surface area contributed by atoms with E-state index in [9.17, 15) is 0 Å². The maximum Gasteiger partial charge on any atom is 0.122 e. The molecule has 2 rings (SSSR count). The number of aryl methyl sites for hydroxylation is 1. The summed E-state index contributed by atoms with van der Waals surface area (Å²) in [6.45, 7) is 5.42. The Kier molecular flexibility index (Phi) is 4.68. The van der Waals surface area contributed by atoms with Gasteiger partial charge in [0.2, 0.25) is 0 Å². The Hall–Kier alpha value is -0.540. The number of hydrogen-bond donors (Lipinski definition) is 1. The van der Waals surface area contributed by atoms with E-state index in [-0.39, 0.29) is 0 Å². The Morgan fingerprint density at radius 1 is 1.50 bits per heavy atom. The molecule has 0 aromatic heterocycles. The molecule has 3 heteroatoms. The number of hydrogen-bond acceptors (Lipinski definition) is 2. The number of nitrogens with one attached hydrogen (secondary N) is 1. The van der Waals surface area contributed by atoms with Crippen LogP contribution >= 0.6 is 15.9 Å². The van der Waals surface area contributed by atoms with E-state index in [0.717, 1.165) is 18.7 Å². The van der Waals surface area contributed by atoms with Crippen LogP contribution in [0.15, 0.2) is 10.5 Å². The molecule has 0 spiro atoms. The van der Waals surface area contributed by atoms with Crippen LogP contribution in [0.1, 0.15) is 48.9 Å². The molecule has 18 heavy (non-hydrogen) atoms. The first kappa shape index (κ1) is 13.9. The first-order valence-electron chi connectivity index (χ1n) is 6.78. The molecule has 0 saturated carbocycles.